The number of esters is 1. The van der Waals surface area contributed by atoms with Crippen LogP contribution in [0, 0.1) is 11.3 Å². The molecule has 2 heterocycles. The molecule has 0 bridgehead atoms. The number of imidazole rings is 1. The molecule has 0 aromatic carbocycles. The summed E-state index contributed by atoms with van der Waals surface area (Å²) in [6.45, 7) is 11.3. The van der Waals surface area contributed by atoms with Crippen molar-refractivity contribution in [3.63, 3.8) is 0 Å². The summed E-state index contributed by atoms with van der Waals surface area (Å²) in [7, 11) is 3.75. The van der Waals surface area contributed by atoms with E-state index in [1.54, 1.807) is 18.4 Å². The van der Waals surface area contributed by atoms with Crippen LogP contribution in [0.5, 0.6) is 0 Å². The van der Waals surface area contributed by atoms with Crippen LogP contribution in [0.4, 0.5) is 0 Å². The summed E-state index contributed by atoms with van der Waals surface area (Å²) in [4.78, 5) is 21.8. The standard InChI is InChI=1S/C21H33N3O3S/c1-7-27-19(25)18-16(13-23(5)10-11-26-6)24-15-9-8-14(21(2,3)4)12-17(15)28-20(24)22-18/h14H,7-13H2,1-6H3. The lowest BCUT2D eigenvalue weighted by molar-refractivity contribution is 0.0517. The van der Waals surface area contributed by atoms with Crippen molar-refractivity contribution in [1.82, 2.24) is 14.3 Å². The fraction of sp³-hybridized carbons (Fsp3) is 0.714. The molecule has 0 radical (unpaired) electrons. The first-order valence-corrected chi connectivity index (χ1v) is 10.9. The first-order valence-electron chi connectivity index (χ1n) is 10.1. The SMILES string of the molecule is CCOC(=O)c1nc2sc3c(n2c1CN(C)CCOC)CCC(C(C)(C)C)C3. The number of aromatic nitrogens is 2. The molecule has 1 aliphatic carbocycles. The number of aryl methyl sites for hydroxylation is 1. The van der Waals surface area contributed by atoms with E-state index < -0.39 is 0 Å². The molecule has 0 aliphatic heterocycles. The van der Waals surface area contributed by atoms with E-state index in [0.29, 0.717) is 36.8 Å². The first kappa shape index (κ1) is 21.3. The zero-order valence-electron chi connectivity index (χ0n) is 18.0. The molecule has 0 saturated carbocycles. The quantitative estimate of drug-likeness (QED) is 0.654. The fourth-order valence-corrected chi connectivity index (χ4v) is 5.21. The highest BCUT2D eigenvalue weighted by Gasteiger charge is 2.33. The Bertz CT molecular complexity index is 834. The average molecular weight is 408 g/mol. The monoisotopic (exact) mass is 407 g/mol. The van der Waals surface area contributed by atoms with E-state index in [1.165, 1.54) is 17.0 Å². The lowest BCUT2D eigenvalue weighted by Crippen LogP contribution is -2.27. The predicted octanol–water partition coefficient (Wildman–Crippen LogP) is 3.80. The summed E-state index contributed by atoms with van der Waals surface area (Å²) in [5, 5.41) is 0. The van der Waals surface area contributed by atoms with Crippen LogP contribution in [-0.2, 0) is 28.9 Å². The molecule has 3 rings (SSSR count). The molecule has 1 aliphatic rings. The molecule has 7 heteroatoms. The van der Waals surface area contributed by atoms with Crippen molar-refractivity contribution < 1.29 is 14.3 Å². The van der Waals surface area contributed by atoms with Crippen LogP contribution in [0.15, 0.2) is 0 Å². The molecule has 1 atom stereocenters. The second-order valence-corrected chi connectivity index (χ2v) is 9.82. The Morgan fingerprint density at radius 3 is 2.79 bits per heavy atom. The highest BCUT2D eigenvalue weighted by Crippen LogP contribution is 2.41. The number of carbonyl (C=O) groups is 1. The van der Waals surface area contributed by atoms with Gasteiger partial charge in [0.1, 0.15) is 0 Å². The van der Waals surface area contributed by atoms with E-state index in [2.05, 4.69) is 30.1 Å². The van der Waals surface area contributed by atoms with E-state index >= 15 is 0 Å². The van der Waals surface area contributed by atoms with Gasteiger partial charge in [0.25, 0.3) is 0 Å². The molecule has 28 heavy (non-hydrogen) atoms. The van der Waals surface area contributed by atoms with Crippen LogP contribution in [0.3, 0.4) is 0 Å². The van der Waals surface area contributed by atoms with Gasteiger partial charge in [0.05, 0.1) is 18.9 Å². The third-order valence-electron chi connectivity index (χ3n) is 5.70. The molecule has 6 nitrogen and oxygen atoms in total. The fourth-order valence-electron chi connectivity index (χ4n) is 3.95. The summed E-state index contributed by atoms with van der Waals surface area (Å²) < 4.78 is 12.7. The van der Waals surface area contributed by atoms with Gasteiger partial charge in [-0.2, -0.15) is 0 Å². The number of nitrogens with zero attached hydrogens (tertiary/aromatic N) is 3. The van der Waals surface area contributed by atoms with Crippen molar-refractivity contribution in [2.45, 2.75) is 53.5 Å². The number of rotatable bonds is 7. The van der Waals surface area contributed by atoms with Gasteiger partial charge in [0.2, 0.25) is 0 Å². The summed E-state index contributed by atoms with van der Waals surface area (Å²) in [5.41, 5.74) is 3.04. The smallest absolute Gasteiger partial charge is 0.358 e. The summed E-state index contributed by atoms with van der Waals surface area (Å²) >= 11 is 1.74. The van der Waals surface area contributed by atoms with Crippen LogP contribution in [0.1, 0.15) is 60.9 Å². The first-order chi connectivity index (χ1) is 13.3. The number of thiazole rings is 1. The van der Waals surface area contributed by atoms with Crippen LogP contribution in [0.25, 0.3) is 4.96 Å². The molecular weight excluding hydrogens is 374 g/mol. The summed E-state index contributed by atoms with van der Waals surface area (Å²) in [6.07, 6.45) is 3.31. The maximum Gasteiger partial charge on any atom is 0.358 e. The Balaban J connectivity index is 2.00. The number of methoxy groups -OCH3 is 1. The molecule has 0 spiro atoms. The van der Waals surface area contributed by atoms with Crippen molar-refractivity contribution in [2.75, 3.05) is 33.9 Å². The number of hydrogen-bond acceptors (Lipinski definition) is 6. The molecule has 156 valence electrons. The molecule has 0 amide bonds. The third-order valence-corrected chi connectivity index (χ3v) is 6.81. The van der Waals surface area contributed by atoms with E-state index in [4.69, 9.17) is 14.5 Å². The Morgan fingerprint density at radius 1 is 1.39 bits per heavy atom. The zero-order chi connectivity index (χ0) is 20.5. The number of hydrogen-bond donors (Lipinski definition) is 0. The molecular formula is C21H33N3O3S. The molecule has 0 fully saturated rings. The van der Waals surface area contributed by atoms with Gasteiger partial charge in [0.15, 0.2) is 10.7 Å². The largest absolute Gasteiger partial charge is 0.461 e. The molecule has 0 N–H and O–H groups in total. The second-order valence-electron chi connectivity index (χ2n) is 8.75. The minimum Gasteiger partial charge on any atom is -0.461 e. The highest BCUT2D eigenvalue weighted by atomic mass is 32.1. The van der Waals surface area contributed by atoms with Gasteiger partial charge in [0, 0.05) is 30.8 Å². The number of ether oxygens (including phenoxy) is 2. The van der Waals surface area contributed by atoms with E-state index in [1.807, 2.05) is 14.0 Å². The van der Waals surface area contributed by atoms with Gasteiger partial charge >= 0.3 is 5.97 Å². The van der Waals surface area contributed by atoms with Crippen molar-refractivity contribution in [1.29, 1.82) is 0 Å². The minimum atomic E-state index is -0.328. The highest BCUT2D eigenvalue weighted by molar-refractivity contribution is 7.17. The zero-order valence-corrected chi connectivity index (χ0v) is 18.8. The normalized spacial score (nSPS) is 17.3. The number of carbonyl (C=O) groups excluding carboxylic acids is 1. The van der Waals surface area contributed by atoms with Gasteiger partial charge in [-0.1, -0.05) is 20.8 Å². The lowest BCUT2D eigenvalue weighted by Gasteiger charge is -2.33. The molecule has 2 aromatic heterocycles. The summed E-state index contributed by atoms with van der Waals surface area (Å²) in [5.74, 6) is 0.353. The van der Waals surface area contributed by atoms with E-state index in [0.717, 1.165) is 30.0 Å². The van der Waals surface area contributed by atoms with Gasteiger partial charge < -0.3 is 9.47 Å². The van der Waals surface area contributed by atoms with Gasteiger partial charge in [-0.25, -0.2) is 9.78 Å². The maximum atomic E-state index is 12.5. The van der Waals surface area contributed by atoms with Crippen molar-refractivity contribution in [3.05, 3.63) is 22.0 Å². The minimum absolute atomic E-state index is 0.309. The lowest BCUT2D eigenvalue weighted by atomic mass is 9.73. The Kier molecular flexibility index (Phi) is 6.47. The van der Waals surface area contributed by atoms with Crippen molar-refractivity contribution in [2.24, 2.45) is 11.3 Å². The van der Waals surface area contributed by atoms with Crippen molar-refractivity contribution in [3.8, 4) is 0 Å². The second kappa shape index (κ2) is 8.51. The van der Waals surface area contributed by atoms with Crippen LogP contribution >= 0.6 is 11.3 Å². The van der Waals surface area contributed by atoms with Gasteiger partial charge in [-0.05, 0) is 44.6 Å². The van der Waals surface area contributed by atoms with Crippen LogP contribution < -0.4 is 0 Å². The average Bonchev–Trinajstić information content (AvgIpc) is 3.15. The van der Waals surface area contributed by atoms with Crippen molar-refractivity contribution >= 4 is 22.3 Å². The number of likely N-dealkylation sites (N-methyl/N-ethyl adjacent to an activating group) is 1. The topological polar surface area (TPSA) is 56.1 Å². The van der Waals surface area contributed by atoms with Crippen LogP contribution in [0.2, 0.25) is 0 Å². The third kappa shape index (κ3) is 4.26. The maximum absolute atomic E-state index is 12.5. The van der Waals surface area contributed by atoms with Crippen LogP contribution in [-0.4, -0.2) is 54.2 Å². The molecule has 2 aromatic rings. The Labute approximate surface area is 171 Å². The van der Waals surface area contributed by atoms with Gasteiger partial charge in [-0.15, -0.1) is 11.3 Å². The number of fused-ring (bicyclic) bond motifs is 3. The molecule has 0 saturated heterocycles. The Hall–Kier alpha value is -1.44. The van der Waals surface area contributed by atoms with Gasteiger partial charge in [-0.3, -0.25) is 9.30 Å². The van der Waals surface area contributed by atoms with E-state index in [9.17, 15) is 4.79 Å². The Morgan fingerprint density at radius 2 is 2.14 bits per heavy atom. The predicted molar refractivity (Wildman–Crippen MR) is 112 cm³/mol. The summed E-state index contributed by atoms with van der Waals surface area (Å²) in [6, 6.07) is 0. The van der Waals surface area contributed by atoms with E-state index in [-0.39, 0.29) is 5.97 Å². The molecule has 1 unspecified atom stereocenters.